The summed E-state index contributed by atoms with van der Waals surface area (Å²) in [6.07, 6.45) is 1.18. The van der Waals surface area contributed by atoms with Gasteiger partial charge in [0.1, 0.15) is 27.2 Å². The van der Waals surface area contributed by atoms with Crippen molar-refractivity contribution in [1.82, 2.24) is 5.32 Å². The third kappa shape index (κ3) is 6.99. The quantitative estimate of drug-likeness (QED) is 0.716. The van der Waals surface area contributed by atoms with Gasteiger partial charge in [-0.3, -0.25) is 4.79 Å². The van der Waals surface area contributed by atoms with Gasteiger partial charge in [-0.1, -0.05) is 12.1 Å². The molecule has 0 aliphatic carbocycles. The Morgan fingerprint density at radius 3 is 2.48 bits per heavy atom. The third-order valence-corrected chi connectivity index (χ3v) is 4.86. The number of hydrogen-bond acceptors (Lipinski definition) is 5. The average molecular weight is 394 g/mol. The summed E-state index contributed by atoms with van der Waals surface area (Å²) in [4.78, 5) is 12.0. The Hall–Kier alpha value is -2.45. The number of hydrogen-bond donors (Lipinski definition) is 2. The van der Waals surface area contributed by atoms with Crippen LogP contribution >= 0.6 is 0 Å². The summed E-state index contributed by atoms with van der Waals surface area (Å²) in [6.45, 7) is 2.13. The summed E-state index contributed by atoms with van der Waals surface area (Å²) in [5.74, 6) is 0.289. The molecule has 146 valence electrons. The molecule has 0 aromatic heterocycles. The second-order valence-corrected chi connectivity index (χ2v) is 8.66. The van der Waals surface area contributed by atoms with Gasteiger partial charge < -0.3 is 15.8 Å². The zero-order chi connectivity index (χ0) is 20.0. The van der Waals surface area contributed by atoms with Gasteiger partial charge >= 0.3 is 0 Å². The van der Waals surface area contributed by atoms with Gasteiger partial charge in [-0.15, -0.1) is 0 Å². The van der Waals surface area contributed by atoms with E-state index in [1.165, 1.54) is 12.1 Å². The van der Waals surface area contributed by atoms with Gasteiger partial charge in [0.15, 0.2) is 0 Å². The van der Waals surface area contributed by atoms with Crippen LogP contribution in [-0.4, -0.2) is 32.4 Å². The molecule has 0 aliphatic rings. The van der Waals surface area contributed by atoms with Crippen LogP contribution in [0, 0.1) is 12.7 Å². The number of aryl methyl sites for hydroxylation is 1. The number of nitrogens with two attached hydrogens (primary N) is 1. The summed E-state index contributed by atoms with van der Waals surface area (Å²) in [5.41, 5.74) is 7.42. The van der Waals surface area contributed by atoms with Gasteiger partial charge in [-0.25, -0.2) is 12.8 Å². The van der Waals surface area contributed by atoms with Crippen molar-refractivity contribution >= 4 is 15.7 Å². The Labute approximate surface area is 158 Å². The number of rotatable bonds is 8. The van der Waals surface area contributed by atoms with Crippen molar-refractivity contribution < 1.29 is 22.3 Å². The van der Waals surface area contributed by atoms with E-state index in [4.69, 9.17) is 10.5 Å². The normalized spacial score (nSPS) is 12.4. The minimum absolute atomic E-state index is 0.0775. The lowest BCUT2D eigenvalue weighted by Crippen LogP contribution is -2.41. The van der Waals surface area contributed by atoms with Crippen molar-refractivity contribution in [3.63, 3.8) is 0 Å². The lowest BCUT2D eigenvalue weighted by Gasteiger charge is -2.13. The van der Waals surface area contributed by atoms with Gasteiger partial charge in [-0.05, 0) is 54.8 Å². The maximum absolute atomic E-state index is 12.9. The number of halogens is 1. The van der Waals surface area contributed by atoms with E-state index < -0.39 is 21.8 Å². The molecular formula is C19H23FN2O4S. The number of nitrogens with one attached hydrogen (secondary N) is 1. The second-order valence-electron chi connectivity index (χ2n) is 6.40. The van der Waals surface area contributed by atoms with E-state index in [1.54, 1.807) is 24.3 Å². The van der Waals surface area contributed by atoms with Crippen molar-refractivity contribution in [3.8, 4) is 11.5 Å². The zero-order valence-electron chi connectivity index (χ0n) is 15.2. The molecule has 1 amide bonds. The number of ether oxygens (including phenoxy) is 1. The standard InChI is InChI=1S/C19H23FN2O4S/c1-13-11-14(12-22-19(23)17(21)9-10-27(2,24)25)3-8-18(13)26-16-6-4-15(20)5-7-16/h3-8,11,17H,9-10,12,21H2,1-2H3,(H,22,23). The van der Waals surface area contributed by atoms with Gasteiger partial charge in [0, 0.05) is 12.8 Å². The molecule has 0 fully saturated rings. The average Bonchev–Trinajstić information content (AvgIpc) is 2.60. The minimum atomic E-state index is -3.15. The Bertz CT molecular complexity index is 898. The van der Waals surface area contributed by atoms with Crippen molar-refractivity contribution in [2.75, 3.05) is 12.0 Å². The predicted octanol–water partition coefficient (Wildman–Crippen LogP) is 2.30. The van der Waals surface area contributed by atoms with Gasteiger partial charge in [-0.2, -0.15) is 0 Å². The highest BCUT2D eigenvalue weighted by Gasteiger charge is 2.15. The molecule has 0 aliphatic heterocycles. The SMILES string of the molecule is Cc1cc(CNC(=O)C(N)CCS(C)(=O)=O)ccc1Oc1ccc(F)cc1. The van der Waals surface area contributed by atoms with E-state index in [0.717, 1.165) is 17.4 Å². The lowest BCUT2D eigenvalue weighted by molar-refractivity contribution is -0.122. The van der Waals surface area contributed by atoms with Crippen LogP contribution in [0.4, 0.5) is 4.39 Å². The number of sulfone groups is 1. The molecule has 8 heteroatoms. The van der Waals surface area contributed by atoms with Crippen molar-refractivity contribution in [2.24, 2.45) is 5.73 Å². The Kier molecular flexibility index (Phi) is 6.92. The van der Waals surface area contributed by atoms with Crippen LogP contribution in [0.2, 0.25) is 0 Å². The van der Waals surface area contributed by atoms with E-state index in [1.807, 2.05) is 13.0 Å². The summed E-state index contributed by atoms with van der Waals surface area (Å²) < 4.78 is 40.9. The van der Waals surface area contributed by atoms with Crippen LogP contribution in [0.15, 0.2) is 42.5 Å². The zero-order valence-corrected chi connectivity index (χ0v) is 16.1. The van der Waals surface area contributed by atoms with Crippen molar-refractivity contribution in [3.05, 3.63) is 59.4 Å². The van der Waals surface area contributed by atoms with Gasteiger partial charge in [0.2, 0.25) is 5.91 Å². The van der Waals surface area contributed by atoms with Crippen LogP contribution in [0.5, 0.6) is 11.5 Å². The molecule has 0 radical (unpaired) electrons. The Morgan fingerprint density at radius 2 is 1.89 bits per heavy atom. The lowest BCUT2D eigenvalue weighted by atomic mass is 10.1. The highest BCUT2D eigenvalue weighted by molar-refractivity contribution is 7.90. The van der Waals surface area contributed by atoms with E-state index in [2.05, 4.69) is 5.32 Å². The monoisotopic (exact) mass is 394 g/mol. The molecule has 0 bridgehead atoms. The second kappa shape index (κ2) is 8.96. The fourth-order valence-corrected chi connectivity index (χ4v) is 3.04. The van der Waals surface area contributed by atoms with E-state index in [0.29, 0.717) is 11.5 Å². The molecular weight excluding hydrogens is 371 g/mol. The first kappa shape index (κ1) is 20.9. The maximum atomic E-state index is 12.9. The summed E-state index contributed by atoms with van der Waals surface area (Å²) in [5, 5.41) is 2.70. The fraction of sp³-hybridized carbons (Fsp3) is 0.316. The molecule has 3 N–H and O–H groups in total. The molecule has 0 heterocycles. The smallest absolute Gasteiger partial charge is 0.237 e. The first-order chi connectivity index (χ1) is 12.6. The van der Waals surface area contributed by atoms with Crippen molar-refractivity contribution in [1.29, 1.82) is 0 Å². The number of carbonyl (C=O) groups excluding carboxylic acids is 1. The molecule has 2 aromatic carbocycles. The maximum Gasteiger partial charge on any atom is 0.237 e. The Morgan fingerprint density at radius 1 is 1.22 bits per heavy atom. The van der Waals surface area contributed by atoms with E-state index in [-0.39, 0.29) is 24.5 Å². The highest BCUT2D eigenvalue weighted by Crippen LogP contribution is 2.25. The van der Waals surface area contributed by atoms with Crippen LogP contribution in [0.3, 0.4) is 0 Å². The van der Waals surface area contributed by atoms with Gasteiger partial charge in [0.05, 0.1) is 11.8 Å². The van der Waals surface area contributed by atoms with Gasteiger partial charge in [0.25, 0.3) is 0 Å². The molecule has 2 rings (SSSR count). The first-order valence-electron chi connectivity index (χ1n) is 8.38. The number of carbonyl (C=O) groups is 1. The van der Waals surface area contributed by atoms with Crippen LogP contribution < -0.4 is 15.8 Å². The number of benzene rings is 2. The largest absolute Gasteiger partial charge is 0.457 e. The molecule has 2 aromatic rings. The molecule has 27 heavy (non-hydrogen) atoms. The van der Waals surface area contributed by atoms with E-state index in [9.17, 15) is 17.6 Å². The molecule has 1 unspecified atom stereocenters. The Balaban J connectivity index is 1.91. The summed E-state index contributed by atoms with van der Waals surface area (Å²) in [6, 6.07) is 10.3. The molecule has 0 spiro atoms. The predicted molar refractivity (Wildman–Crippen MR) is 102 cm³/mol. The molecule has 0 saturated carbocycles. The summed E-state index contributed by atoms with van der Waals surface area (Å²) in [7, 11) is -3.15. The first-order valence-corrected chi connectivity index (χ1v) is 10.4. The highest BCUT2D eigenvalue weighted by atomic mass is 32.2. The molecule has 1 atom stereocenters. The third-order valence-electron chi connectivity index (χ3n) is 3.88. The molecule has 0 saturated heterocycles. The van der Waals surface area contributed by atoms with Crippen molar-refractivity contribution in [2.45, 2.75) is 25.9 Å². The van der Waals surface area contributed by atoms with E-state index >= 15 is 0 Å². The fourth-order valence-electron chi connectivity index (χ4n) is 2.36. The number of amides is 1. The van der Waals surface area contributed by atoms with Crippen LogP contribution in [0.1, 0.15) is 17.5 Å². The topological polar surface area (TPSA) is 98.5 Å². The summed E-state index contributed by atoms with van der Waals surface area (Å²) >= 11 is 0. The van der Waals surface area contributed by atoms with Crippen LogP contribution in [-0.2, 0) is 21.2 Å². The minimum Gasteiger partial charge on any atom is -0.457 e. The molecule has 6 nitrogen and oxygen atoms in total. The van der Waals surface area contributed by atoms with Crippen LogP contribution in [0.25, 0.3) is 0 Å².